The maximum absolute atomic E-state index is 12.0. The van der Waals surface area contributed by atoms with Crippen molar-refractivity contribution in [3.8, 4) is 0 Å². The van der Waals surface area contributed by atoms with E-state index in [-0.39, 0.29) is 17.5 Å². The molecule has 2 N–H and O–H groups in total. The molecular weight excluding hydrogens is 302 g/mol. The van der Waals surface area contributed by atoms with Crippen LogP contribution in [-0.2, 0) is 16.6 Å². The first kappa shape index (κ1) is 18.4. The Labute approximate surface area is 134 Å². The molecule has 1 rings (SSSR count). The quantitative estimate of drug-likeness (QED) is 0.621. The Kier molecular flexibility index (Phi) is 6.06. The van der Waals surface area contributed by atoms with Crippen LogP contribution in [0.15, 0.2) is 12.3 Å². The van der Waals surface area contributed by atoms with E-state index in [2.05, 4.69) is 10.6 Å². The van der Waals surface area contributed by atoms with Crippen LogP contribution < -0.4 is 10.6 Å². The summed E-state index contributed by atoms with van der Waals surface area (Å²) < 4.78 is 6.45. The van der Waals surface area contributed by atoms with Gasteiger partial charge in [-0.2, -0.15) is 0 Å². The number of hydrogen-bond donors (Lipinski definition) is 2. The lowest BCUT2D eigenvalue weighted by molar-refractivity contribution is -0.127. The average molecular weight is 323 g/mol. The summed E-state index contributed by atoms with van der Waals surface area (Å²) in [6.07, 6.45) is 0.343. The third kappa shape index (κ3) is 5.24. The summed E-state index contributed by atoms with van der Waals surface area (Å²) in [5, 5.41) is 4.56. The molecule has 3 amide bonds. The summed E-state index contributed by atoms with van der Waals surface area (Å²) in [4.78, 5) is 46.6. The van der Waals surface area contributed by atoms with Gasteiger partial charge >= 0.3 is 12.0 Å². The molecule has 0 aliphatic heterocycles. The van der Waals surface area contributed by atoms with Crippen molar-refractivity contribution in [2.45, 2.75) is 39.8 Å². The highest BCUT2D eigenvalue weighted by Gasteiger charge is 2.23. The first-order valence-corrected chi connectivity index (χ1v) is 7.11. The third-order valence-corrected chi connectivity index (χ3v) is 2.93. The Morgan fingerprint density at radius 2 is 1.78 bits per heavy atom. The lowest BCUT2D eigenvalue weighted by atomic mass is 10.2. The zero-order valence-electron chi connectivity index (χ0n) is 13.8. The zero-order valence-corrected chi connectivity index (χ0v) is 13.8. The highest BCUT2D eigenvalue weighted by atomic mass is 16.5. The number of esters is 1. The van der Waals surface area contributed by atoms with Gasteiger partial charge in [0.25, 0.3) is 5.91 Å². The van der Waals surface area contributed by atoms with Gasteiger partial charge < -0.3 is 14.6 Å². The molecule has 1 aromatic heterocycles. The fourth-order valence-electron chi connectivity index (χ4n) is 1.75. The molecule has 0 aliphatic rings. The Bertz CT molecular complexity index is 633. The molecule has 1 aromatic rings. The normalized spacial score (nSPS) is 11.7. The van der Waals surface area contributed by atoms with E-state index in [1.54, 1.807) is 20.9 Å². The van der Waals surface area contributed by atoms with Crippen molar-refractivity contribution in [2.24, 2.45) is 7.05 Å². The molecule has 8 heteroatoms. The van der Waals surface area contributed by atoms with Crippen molar-refractivity contribution in [2.75, 3.05) is 0 Å². The van der Waals surface area contributed by atoms with Crippen LogP contribution in [0.25, 0.3) is 0 Å². The van der Waals surface area contributed by atoms with Crippen LogP contribution in [0, 0.1) is 0 Å². The van der Waals surface area contributed by atoms with Crippen molar-refractivity contribution in [3.05, 3.63) is 23.5 Å². The summed E-state index contributed by atoms with van der Waals surface area (Å²) in [6, 6.07) is 0.598. The van der Waals surface area contributed by atoms with Crippen LogP contribution in [0.5, 0.6) is 0 Å². The number of hydrogen-bond acceptors (Lipinski definition) is 5. The van der Waals surface area contributed by atoms with Crippen LogP contribution in [0.2, 0.25) is 0 Å². The van der Waals surface area contributed by atoms with E-state index in [1.165, 1.54) is 30.7 Å². The number of carbonyl (C=O) groups excluding carboxylic acids is 4. The number of amides is 3. The van der Waals surface area contributed by atoms with Crippen molar-refractivity contribution < 1.29 is 23.9 Å². The van der Waals surface area contributed by atoms with Gasteiger partial charge in [0.15, 0.2) is 11.9 Å². The molecule has 0 fully saturated rings. The molecule has 0 saturated carbocycles. The number of carbonyl (C=O) groups is 4. The van der Waals surface area contributed by atoms with Gasteiger partial charge in [-0.1, -0.05) is 0 Å². The predicted octanol–water partition coefficient (Wildman–Crippen LogP) is 1.01. The number of nitrogens with one attached hydrogen (secondary N) is 2. The molecule has 0 radical (unpaired) electrons. The van der Waals surface area contributed by atoms with Gasteiger partial charge in [-0.15, -0.1) is 0 Å². The van der Waals surface area contributed by atoms with Crippen LogP contribution in [0.1, 0.15) is 48.5 Å². The Morgan fingerprint density at radius 3 is 2.26 bits per heavy atom. The molecule has 0 saturated heterocycles. The summed E-state index contributed by atoms with van der Waals surface area (Å²) >= 11 is 0. The number of nitrogens with zero attached hydrogens (tertiary/aromatic N) is 1. The maximum Gasteiger partial charge on any atom is 0.355 e. The van der Waals surface area contributed by atoms with E-state index in [9.17, 15) is 19.2 Å². The molecule has 1 atom stereocenters. The lowest BCUT2D eigenvalue weighted by Gasteiger charge is -2.14. The average Bonchev–Trinajstić information content (AvgIpc) is 2.79. The van der Waals surface area contributed by atoms with Gasteiger partial charge in [-0.05, 0) is 33.8 Å². The predicted molar refractivity (Wildman–Crippen MR) is 82.1 cm³/mol. The summed E-state index contributed by atoms with van der Waals surface area (Å²) in [7, 11) is 1.59. The van der Waals surface area contributed by atoms with Gasteiger partial charge in [-0.25, -0.2) is 9.59 Å². The smallest absolute Gasteiger partial charge is 0.355 e. The second-order valence-electron chi connectivity index (χ2n) is 5.45. The van der Waals surface area contributed by atoms with Crippen LogP contribution in [0.3, 0.4) is 0 Å². The van der Waals surface area contributed by atoms with Gasteiger partial charge in [0, 0.05) is 24.8 Å². The second-order valence-corrected chi connectivity index (χ2v) is 5.45. The topological polar surface area (TPSA) is 106 Å². The number of rotatable bonds is 5. The first-order valence-electron chi connectivity index (χ1n) is 7.11. The van der Waals surface area contributed by atoms with Crippen molar-refractivity contribution in [3.63, 3.8) is 0 Å². The summed E-state index contributed by atoms with van der Waals surface area (Å²) in [5.74, 6) is -1.68. The van der Waals surface area contributed by atoms with Gasteiger partial charge in [0.05, 0.1) is 0 Å². The highest BCUT2D eigenvalue weighted by Crippen LogP contribution is 2.10. The fourth-order valence-corrected chi connectivity index (χ4v) is 1.75. The Hall–Kier alpha value is -2.64. The maximum atomic E-state index is 12.0. The van der Waals surface area contributed by atoms with Crippen LogP contribution >= 0.6 is 0 Å². The van der Waals surface area contributed by atoms with Crippen LogP contribution in [-0.4, -0.2) is 40.4 Å². The Balaban J connectivity index is 2.68. The molecule has 23 heavy (non-hydrogen) atoms. The molecule has 0 spiro atoms. The summed E-state index contributed by atoms with van der Waals surface area (Å²) in [6.45, 7) is 6.23. The minimum atomic E-state index is -1.16. The Morgan fingerprint density at radius 1 is 1.17 bits per heavy atom. The van der Waals surface area contributed by atoms with E-state index in [0.717, 1.165) is 0 Å². The molecule has 1 unspecified atom stereocenters. The molecular formula is C15H21N3O5. The molecule has 1 heterocycles. The number of ether oxygens (including phenoxy) is 1. The van der Waals surface area contributed by atoms with Gasteiger partial charge in [0.2, 0.25) is 0 Å². The minimum Gasteiger partial charge on any atom is -0.448 e. The van der Waals surface area contributed by atoms with E-state index >= 15 is 0 Å². The molecule has 0 aliphatic carbocycles. The number of ketones is 1. The van der Waals surface area contributed by atoms with Crippen molar-refractivity contribution in [1.29, 1.82) is 0 Å². The zero-order chi connectivity index (χ0) is 17.7. The molecule has 0 bridgehead atoms. The number of Topliss-reactive ketones (excluding diaryl/α,β-unsaturated/α-hetero) is 1. The number of aromatic nitrogens is 1. The SMILES string of the molecule is CC(=O)c1cc(C(=O)OC(C)C(=O)NC(=O)NC(C)C)n(C)c1. The monoisotopic (exact) mass is 323 g/mol. The van der Waals surface area contributed by atoms with Crippen molar-refractivity contribution in [1.82, 2.24) is 15.2 Å². The molecule has 8 nitrogen and oxygen atoms in total. The van der Waals surface area contributed by atoms with Crippen LogP contribution in [0.4, 0.5) is 4.79 Å². The van der Waals surface area contributed by atoms with E-state index < -0.39 is 24.0 Å². The van der Waals surface area contributed by atoms with E-state index in [1.807, 2.05) is 0 Å². The number of aryl methyl sites for hydroxylation is 1. The molecule has 126 valence electrons. The largest absolute Gasteiger partial charge is 0.448 e. The molecule has 0 aromatic carbocycles. The number of imide groups is 1. The highest BCUT2D eigenvalue weighted by molar-refractivity contribution is 6.00. The minimum absolute atomic E-state index is 0.131. The second kappa shape index (κ2) is 7.57. The van der Waals surface area contributed by atoms with Crippen molar-refractivity contribution >= 4 is 23.7 Å². The van der Waals surface area contributed by atoms with Gasteiger partial charge in [0.1, 0.15) is 5.69 Å². The van der Waals surface area contributed by atoms with Gasteiger partial charge in [-0.3, -0.25) is 14.9 Å². The lowest BCUT2D eigenvalue weighted by Crippen LogP contribution is -2.46. The van der Waals surface area contributed by atoms with E-state index in [0.29, 0.717) is 5.56 Å². The third-order valence-electron chi connectivity index (χ3n) is 2.93. The van der Waals surface area contributed by atoms with E-state index in [4.69, 9.17) is 4.74 Å². The summed E-state index contributed by atoms with van der Waals surface area (Å²) in [5.41, 5.74) is 0.509. The standard InChI is InChI=1S/C15H21N3O5/c1-8(2)16-15(22)17-13(20)10(4)23-14(21)12-6-11(9(3)19)7-18(12)5/h6-8,10H,1-5H3,(H2,16,17,20,22). The fraction of sp³-hybridized carbons (Fsp3) is 0.467. The number of urea groups is 1. The first-order chi connectivity index (χ1) is 10.6.